The highest BCUT2D eigenvalue weighted by Crippen LogP contribution is 2.45. The molecule has 106 valence electrons. The van der Waals surface area contributed by atoms with E-state index in [0.717, 1.165) is 31.0 Å². The Bertz CT molecular complexity index is 424. The number of aryl methyl sites for hydroxylation is 1. The van der Waals surface area contributed by atoms with E-state index < -0.39 is 0 Å². The standard InChI is InChI=1S/C15H24N2O2/c1-11-4-5-13(19-11)14(17-16)12-6-9-18-15(10-12)7-2-3-8-15/h4-5,12,14,17H,2-3,6-10,16H2,1H3. The quantitative estimate of drug-likeness (QED) is 0.651. The van der Waals surface area contributed by atoms with Crippen LogP contribution in [0, 0.1) is 12.8 Å². The van der Waals surface area contributed by atoms with Crippen molar-refractivity contribution in [2.45, 2.75) is 57.1 Å². The van der Waals surface area contributed by atoms with Gasteiger partial charge in [-0.05, 0) is 50.7 Å². The highest BCUT2D eigenvalue weighted by atomic mass is 16.5. The molecule has 1 aromatic heterocycles. The number of hydrogen-bond donors (Lipinski definition) is 2. The van der Waals surface area contributed by atoms with Gasteiger partial charge in [-0.3, -0.25) is 5.84 Å². The number of ether oxygens (including phenoxy) is 1. The lowest BCUT2D eigenvalue weighted by Crippen LogP contribution is -2.43. The monoisotopic (exact) mass is 264 g/mol. The summed E-state index contributed by atoms with van der Waals surface area (Å²) in [7, 11) is 0. The summed E-state index contributed by atoms with van der Waals surface area (Å²) in [6, 6.07) is 4.15. The van der Waals surface area contributed by atoms with E-state index in [1.165, 1.54) is 25.7 Å². The second-order valence-corrected chi connectivity index (χ2v) is 6.08. The van der Waals surface area contributed by atoms with Gasteiger partial charge < -0.3 is 9.15 Å². The van der Waals surface area contributed by atoms with Crippen molar-refractivity contribution in [1.29, 1.82) is 0 Å². The van der Waals surface area contributed by atoms with Crippen molar-refractivity contribution in [2.24, 2.45) is 11.8 Å². The van der Waals surface area contributed by atoms with Gasteiger partial charge >= 0.3 is 0 Å². The normalized spacial score (nSPS) is 27.8. The van der Waals surface area contributed by atoms with Gasteiger partial charge in [-0.1, -0.05) is 12.8 Å². The SMILES string of the molecule is Cc1ccc(C(NN)C2CCOC3(CCCC3)C2)o1. The largest absolute Gasteiger partial charge is 0.465 e. The molecule has 2 aliphatic rings. The van der Waals surface area contributed by atoms with Gasteiger partial charge in [0.05, 0.1) is 11.6 Å². The summed E-state index contributed by atoms with van der Waals surface area (Å²) in [6.07, 6.45) is 7.16. The predicted octanol–water partition coefficient (Wildman–Crippen LogP) is 2.83. The maximum absolute atomic E-state index is 6.09. The first-order valence-corrected chi connectivity index (χ1v) is 7.39. The lowest BCUT2D eigenvalue weighted by atomic mass is 9.80. The third-order valence-electron chi connectivity index (χ3n) is 4.76. The molecule has 1 saturated carbocycles. The minimum absolute atomic E-state index is 0.107. The molecule has 4 heteroatoms. The van der Waals surface area contributed by atoms with Crippen LogP contribution in [0.3, 0.4) is 0 Å². The van der Waals surface area contributed by atoms with Gasteiger partial charge in [0.1, 0.15) is 11.5 Å². The summed E-state index contributed by atoms with van der Waals surface area (Å²) in [4.78, 5) is 0. The van der Waals surface area contributed by atoms with E-state index in [4.69, 9.17) is 15.0 Å². The minimum atomic E-state index is 0.107. The zero-order chi connectivity index (χ0) is 13.3. The lowest BCUT2D eigenvalue weighted by Gasteiger charge is -2.40. The van der Waals surface area contributed by atoms with Gasteiger partial charge in [0, 0.05) is 6.61 Å². The van der Waals surface area contributed by atoms with Crippen molar-refractivity contribution in [3.8, 4) is 0 Å². The van der Waals surface area contributed by atoms with Crippen molar-refractivity contribution in [3.63, 3.8) is 0 Å². The summed E-state index contributed by atoms with van der Waals surface area (Å²) >= 11 is 0. The Hall–Kier alpha value is -0.840. The molecule has 19 heavy (non-hydrogen) atoms. The van der Waals surface area contributed by atoms with Gasteiger partial charge in [-0.15, -0.1) is 0 Å². The van der Waals surface area contributed by atoms with Crippen LogP contribution >= 0.6 is 0 Å². The Labute approximate surface area is 114 Å². The molecule has 1 aliphatic heterocycles. The highest BCUT2D eigenvalue weighted by Gasteiger charge is 2.42. The molecule has 2 atom stereocenters. The Balaban J connectivity index is 1.76. The van der Waals surface area contributed by atoms with Crippen molar-refractivity contribution in [1.82, 2.24) is 5.43 Å². The van der Waals surface area contributed by atoms with E-state index in [2.05, 4.69) is 5.43 Å². The van der Waals surface area contributed by atoms with Crippen molar-refractivity contribution in [3.05, 3.63) is 23.7 Å². The van der Waals surface area contributed by atoms with Crippen molar-refractivity contribution in [2.75, 3.05) is 6.61 Å². The molecule has 0 aromatic carbocycles. The van der Waals surface area contributed by atoms with Crippen LogP contribution in [0.5, 0.6) is 0 Å². The molecule has 1 saturated heterocycles. The van der Waals surface area contributed by atoms with Gasteiger partial charge in [0.2, 0.25) is 0 Å². The maximum atomic E-state index is 6.09. The fourth-order valence-electron chi connectivity index (χ4n) is 3.79. The third-order valence-corrected chi connectivity index (χ3v) is 4.76. The van der Waals surface area contributed by atoms with Gasteiger partial charge in [-0.2, -0.15) is 0 Å². The van der Waals surface area contributed by atoms with E-state index in [9.17, 15) is 0 Å². The minimum Gasteiger partial charge on any atom is -0.465 e. The third kappa shape index (κ3) is 2.57. The molecule has 4 nitrogen and oxygen atoms in total. The molecular formula is C15H24N2O2. The average molecular weight is 264 g/mol. The number of hydrogen-bond acceptors (Lipinski definition) is 4. The van der Waals surface area contributed by atoms with Crippen LogP contribution in [0.25, 0.3) is 0 Å². The van der Waals surface area contributed by atoms with E-state index >= 15 is 0 Å². The molecule has 0 bridgehead atoms. The van der Waals surface area contributed by atoms with Crippen LogP contribution in [0.15, 0.2) is 16.5 Å². The zero-order valence-electron chi connectivity index (χ0n) is 11.7. The number of hydrazine groups is 1. The molecule has 1 aliphatic carbocycles. The van der Waals surface area contributed by atoms with Crippen LogP contribution in [-0.4, -0.2) is 12.2 Å². The van der Waals surface area contributed by atoms with E-state index in [0.29, 0.717) is 5.92 Å². The van der Waals surface area contributed by atoms with E-state index in [1.54, 1.807) is 0 Å². The molecule has 2 unspecified atom stereocenters. The fraction of sp³-hybridized carbons (Fsp3) is 0.733. The number of rotatable bonds is 3. The number of nitrogens with one attached hydrogen (secondary N) is 1. The first kappa shape index (κ1) is 13.2. The van der Waals surface area contributed by atoms with Crippen LogP contribution in [0.4, 0.5) is 0 Å². The molecule has 0 radical (unpaired) electrons. The Kier molecular flexibility index (Phi) is 3.65. The second kappa shape index (κ2) is 5.27. The molecule has 2 heterocycles. The summed E-state index contributed by atoms with van der Waals surface area (Å²) in [6.45, 7) is 2.82. The smallest absolute Gasteiger partial charge is 0.122 e. The molecule has 3 N–H and O–H groups in total. The van der Waals surface area contributed by atoms with Crippen LogP contribution in [0.1, 0.15) is 56.1 Å². The maximum Gasteiger partial charge on any atom is 0.122 e. The summed E-state index contributed by atoms with van der Waals surface area (Å²) < 4.78 is 11.9. The fourth-order valence-corrected chi connectivity index (χ4v) is 3.79. The lowest BCUT2D eigenvalue weighted by molar-refractivity contribution is -0.0991. The first-order valence-electron chi connectivity index (χ1n) is 7.39. The van der Waals surface area contributed by atoms with Gasteiger partial charge in [0.15, 0.2) is 0 Å². The zero-order valence-corrected chi connectivity index (χ0v) is 11.7. The number of furan rings is 1. The predicted molar refractivity (Wildman–Crippen MR) is 73.4 cm³/mol. The first-order chi connectivity index (χ1) is 9.22. The van der Waals surface area contributed by atoms with Gasteiger partial charge in [0.25, 0.3) is 0 Å². The Morgan fingerprint density at radius 2 is 2.16 bits per heavy atom. The van der Waals surface area contributed by atoms with E-state index in [-0.39, 0.29) is 11.6 Å². The Morgan fingerprint density at radius 3 is 2.79 bits per heavy atom. The van der Waals surface area contributed by atoms with Crippen molar-refractivity contribution >= 4 is 0 Å². The van der Waals surface area contributed by atoms with Crippen LogP contribution in [0.2, 0.25) is 0 Å². The summed E-state index contributed by atoms with van der Waals surface area (Å²) in [5.74, 6) is 8.18. The van der Waals surface area contributed by atoms with Crippen LogP contribution < -0.4 is 11.3 Å². The van der Waals surface area contributed by atoms with Crippen LogP contribution in [-0.2, 0) is 4.74 Å². The average Bonchev–Trinajstić information content (AvgIpc) is 3.01. The topological polar surface area (TPSA) is 60.4 Å². The number of nitrogens with two attached hydrogens (primary N) is 1. The molecular weight excluding hydrogens is 240 g/mol. The second-order valence-electron chi connectivity index (χ2n) is 6.08. The summed E-state index contributed by atoms with van der Waals surface area (Å²) in [5, 5.41) is 0. The molecule has 1 aromatic rings. The molecule has 0 amide bonds. The van der Waals surface area contributed by atoms with Gasteiger partial charge in [-0.25, -0.2) is 5.43 Å². The Morgan fingerprint density at radius 1 is 1.37 bits per heavy atom. The molecule has 2 fully saturated rings. The van der Waals surface area contributed by atoms with E-state index in [1.807, 2.05) is 19.1 Å². The molecule has 1 spiro atoms. The molecule has 3 rings (SSSR count). The highest BCUT2D eigenvalue weighted by molar-refractivity contribution is 5.11. The van der Waals surface area contributed by atoms with Crippen molar-refractivity contribution < 1.29 is 9.15 Å². The summed E-state index contributed by atoms with van der Waals surface area (Å²) in [5.41, 5.74) is 3.08.